The maximum atomic E-state index is 5.13. The molecule has 0 aromatic carbocycles. The van der Waals surface area contributed by atoms with E-state index in [2.05, 4.69) is 38.0 Å². The Bertz CT molecular complexity index is 755. The number of rotatable bonds is 8. The Labute approximate surface area is 164 Å². The Morgan fingerprint density at radius 2 is 2.33 bits per heavy atom. The van der Waals surface area contributed by atoms with E-state index in [0.29, 0.717) is 12.6 Å². The number of ether oxygens (including phenoxy) is 1. The average Bonchev–Trinajstić information content (AvgIpc) is 3.24. The predicted octanol–water partition coefficient (Wildman–Crippen LogP) is 1.69. The van der Waals surface area contributed by atoms with Gasteiger partial charge in [0.05, 0.1) is 11.6 Å². The van der Waals surface area contributed by atoms with Gasteiger partial charge in [0, 0.05) is 50.2 Å². The lowest BCUT2D eigenvalue weighted by Gasteiger charge is -2.25. The van der Waals surface area contributed by atoms with Crippen LogP contribution in [0.3, 0.4) is 0 Å². The Morgan fingerprint density at radius 3 is 3.07 bits per heavy atom. The third-order valence-corrected chi connectivity index (χ3v) is 5.37. The molecule has 8 nitrogen and oxygen atoms in total. The second kappa shape index (κ2) is 9.80. The molecule has 1 aliphatic rings. The molecule has 0 amide bonds. The minimum Gasteiger partial charge on any atom is -0.377 e. The summed E-state index contributed by atoms with van der Waals surface area (Å²) in [4.78, 5) is 13.8. The number of thiazole rings is 1. The van der Waals surface area contributed by atoms with Crippen LogP contribution in [-0.2, 0) is 30.7 Å². The monoisotopic (exact) mass is 391 g/mol. The predicted molar refractivity (Wildman–Crippen MR) is 107 cm³/mol. The lowest BCUT2D eigenvalue weighted by atomic mass is 10.1. The van der Waals surface area contributed by atoms with Crippen molar-refractivity contribution in [2.24, 2.45) is 4.99 Å². The molecule has 1 atom stereocenters. The quantitative estimate of drug-likeness (QED) is 0.404. The van der Waals surface area contributed by atoms with Gasteiger partial charge in [0.25, 0.3) is 0 Å². The van der Waals surface area contributed by atoms with Crippen LogP contribution in [-0.4, -0.2) is 51.9 Å². The van der Waals surface area contributed by atoms with Gasteiger partial charge in [0.15, 0.2) is 11.8 Å². The molecule has 2 N–H and O–H groups in total. The van der Waals surface area contributed by atoms with E-state index in [9.17, 15) is 0 Å². The van der Waals surface area contributed by atoms with Crippen LogP contribution >= 0.6 is 11.3 Å². The van der Waals surface area contributed by atoms with Crippen LogP contribution in [0, 0.1) is 6.92 Å². The van der Waals surface area contributed by atoms with Crippen LogP contribution in [0.1, 0.15) is 42.1 Å². The molecule has 3 rings (SSSR count). The fourth-order valence-corrected chi connectivity index (χ4v) is 3.94. The van der Waals surface area contributed by atoms with Crippen molar-refractivity contribution in [1.29, 1.82) is 0 Å². The van der Waals surface area contributed by atoms with Crippen LogP contribution in [0.4, 0.5) is 0 Å². The molecule has 1 aliphatic heterocycles. The molecule has 0 saturated carbocycles. The summed E-state index contributed by atoms with van der Waals surface area (Å²) in [7, 11) is 1.67. The maximum Gasteiger partial charge on any atom is 0.191 e. The number of hydrogen-bond acceptors (Lipinski definition) is 6. The number of aryl methyl sites for hydroxylation is 3. The highest BCUT2D eigenvalue weighted by Crippen LogP contribution is 2.14. The van der Waals surface area contributed by atoms with Crippen LogP contribution in [0.25, 0.3) is 0 Å². The number of fused-ring (bicyclic) bond motifs is 1. The lowest BCUT2D eigenvalue weighted by Crippen LogP contribution is -2.47. The summed E-state index contributed by atoms with van der Waals surface area (Å²) < 4.78 is 7.12. The molecule has 2 aromatic heterocycles. The largest absolute Gasteiger partial charge is 0.377 e. The van der Waals surface area contributed by atoms with Crippen molar-refractivity contribution >= 4 is 17.3 Å². The smallest absolute Gasteiger partial charge is 0.191 e. The van der Waals surface area contributed by atoms with Crippen LogP contribution in [0.15, 0.2) is 10.4 Å². The highest BCUT2D eigenvalue weighted by atomic mass is 32.1. The standard InChI is InChI=1S/C18H29N7OS/c1-4-19-18(20-9-5-6-17-21-13(2)12-27-17)22-14-7-8-16-23-15(11-26-3)24-25(16)10-14/h12,14H,4-11H2,1-3H3,(H2,19,20,22). The number of methoxy groups -OCH3 is 1. The molecule has 27 heavy (non-hydrogen) atoms. The van der Waals surface area contributed by atoms with Gasteiger partial charge in [0.1, 0.15) is 12.4 Å². The first-order valence-electron chi connectivity index (χ1n) is 9.55. The molecule has 2 aromatic rings. The zero-order chi connectivity index (χ0) is 19.1. The molecular weight excluding hydrogens is 362 g/mol. The third-order valence-electron chi connectivity index (χ3n) is 4.35. The van der Waals surface area contributed by atoms with Gasteiger partial charge in [-0.15, -0.1) is 11.3 Å². The first-order valence-corrected chi connectivity index (χ1v) is 10.4. The highest BCUT2D eigenvalue weighted by Gasteiger charge is 2.22. The minimum absolute atomic E-state index is 0.300. The summed E-state index contributed by atoms with van der Waals surface area (Å²) in [5.41, 5.74) is 1.10. The van der Waals surface area contributed by atoms with E-state index in [1.807, 2.05) is 11.6 Å². The molecule has 0 bridgehead atoms. The fraction of sp³-hybridized carbons (Fsp3) is 0.667. The Kier molecular flexibility index (Phi) is 7.17. The number of aliphatic imine (C=N–C) groups is 1. The van der Waals surface area contributed by atoms with Crippen molar-refractivity contribution in [2.45, 2.75) is 58.7 Å². The molecule has 3 heterocycles. The number of nitrogens with zero attached hydrogens (tertiary/aromatic N) is 5. The van der Waals surface area contributed by atoms with Crippen LogP contribution in [0.2, 0.25) is 0 Å². The van der Waals surface area contributed by atoms with Gasteiger partial charge < -0.3 is 15.4 Å². The van der Waals surface area contributed by atoms with Crippen molar-refractivity contribution in [3.05, 3.63) is 27.7 Å². The van der Waals surface area contributed by atoms with Gasteiger partial charge in [-0.1, -0.05) is 0 Å². The van der Waals surface area contributed by atoms with E-state index >= 15 is 0 Å². The van der Waals surface area contributed by atoms with Crippen LogP contribution in [0.5, 0.6) is 0 Å². The molecule has 0 fully saturated rings. The van der Waals surface area contributed by atoms with E-state index < -0.39 is 0 Å². The number of aromatic nitrogens is 4. The summed E-state index contributed by atoms with van der Waals surface area (Å²) in [6.07, 6.45) is 3.92. The van der Waals surface area contributed by atoms with Crippen molar-refractivity contribution in [3.8, 4) is 0 Å². The van der Waals surface area contributed by atoms with Crippen molar-refractivity contribution in [3.63, 3.8) is 0 Å². The van der Waals surface area contributed by atoms with Crippen molar-refractivity contribution in [1.82, 2.24) is 30.4 Å². The molecular formula is C18H29N7OS. The van der Waals surface area contributed by atoms with Gasteiger partial charge in [-0.3, -0.25) is 4.99 Å². The van der Waals surface area contributed by atoms with Crippen molar-refractivity contribution in [2.75, 3.05) is 20.2 Å². The second-order valence-electron chi connectivity index (χ2n) is 6.69. The van der Waals surface area contributed by atoms with Crippen molar-refractivity contribution < 1.29 is 4.74 Å². The zero-order valence-electron chi connectivity index (χ0n) is 16.4. The topological polar surface area (TPSA) is 89.2 Å². The van der Waals surface area contributed by atoms with Gasteiger partial charge in [-0.2, -0.15) is 5.10 Å². The molecule has 0 radical (unpaired) electrons. The number of guanidine groups is 1. The SMILES string of the molecule is CCNC(=NCCCc1nc(C)cs1)NC1CCc2nc(COC)nn2C1. The highest BCUT2D eigenvalue weighted by molar-refractivity contribution is 7.09. The first kappa shape index (κ1) is 19.8. The Hall–Kier alpha value is -2.00. The zero-order valence-corrected chi connectivity index (χ0v) is 17.2. The average molecular weight is 392 g/mol. The summed E-state index contributed by atoms with van der Waals surface area (Å²) in [6.45, 7) is 7.01. The van der Waals surface area contributed by atoms with Gasteiger partial charge >= 0.3 is 0 Å². The van der Waals surface area contributed by atoms with E-state index in [0.717, 1.165) is 68.6 Å². The van der Waals surface area contributed by atoms with Gasteiger partial charge in [-0.05, 0) is 26.7 Å². The van der Waals surface area contributed by atoms with E-state index in [4.69, 9.17) is 9.73 Å². The molecule has 1 unspecified atom stereocenters. The van der Waals surface area contributed by atoms with E-state index in [1.165, 1.54) is 5.01 Å². The molecule has 148 valence electrons. The normalized spacial score (nSPS) is 17.0. The lowest BCUT2D eigenvalue weighted by molar-refractivity contribution is 0.177. The number of nitrogens with one attached hydrogen (secondary N) is 2. The van der Waals surface area contributed by atoms with Gasteiger partial charge in [-0.25, -0.2) is 14.6 Å². The summed E-state index contributed by atoms with van der Waals surface area (Å²) in [5, 5.41) is 14.7. The fourth-order valence-electron chi connectivity index (χ4n) is 3.12. The molecule has 0 aliphatic carbocycles. The summed E-state index contributed by atoms with van der Waals surface area (Å²) in [6, 6.07) is 0.300. The van der Waals surface area contributed by atoms with E-state index in [-0.39, 0.29) is 0 Å². The Balaban J connectivity index is 1.50. The van der Waals surface area contributed by atoms with E-state index in [1.54, 1.807) is 18.4 Å². The molecule has 0 spiro atoms. The second-order valence-corrected chi connectivity index (χ2v) is 7.63. The van der Waals surface area contributed by atoms with Crippen LogP contribution < -0.4 is 10.6 Å². The third kappa shape index (κ3) is 5.74. The molecule has 0 saturated heterocycles. The summed E-state index contributed by atoms with van der Waals surface area (Å²) in [5.74, 6) is 2.67. The van der Waals surface area contributed by atoms with Gasteiger partial charge in [0.2, 0.25) is 0 Å². The summed E-state index contributed by atoms with van der Waals surface area (Å²) >= 11 is 1.73. The molecule has 9 heteroatoms. The number of hydrogen-bond donors (Lipinski definition) is 2. The Morgan fingerprint density at radius 1 is 1.44 bits per heavy atom. The first-order chi connectivity index (χ1) is 13.2. The maximum absolute atomic E-state index is 5.13. The minimum atomic E-state index is 0.300.